The molecule has 0 atom stereocenters. The van der Waals surface area contributed by atoms with E-state index in [2.05, 4.69) is 48.0 Å². The van der Waals surface area contributed by atoms with E-state index >= 15 is 0 Å². The Morgan fingerprint density at radius 3 is 2.35 bits per heavy atom. The average molecular weight is 260 g/mol. The minimum atomic E-state index is -4.69. The van der Waals surface area contributed by atoms with Gasteiger partial charge in [0.2, 0.25) is 0 Å². The van der Waals surface area contributed by atoms with Crippen molar-refractivity contribution in [3.05, 3.63) is 36.5 Å². The number of hydrogen-bond donors (Lipinski definition) is 1. The van der Waals surface area contributed by atoms with Gasteiger partial charge in [-0.1, -0.05) is 25.1 Å². The van der Waals surface area contributed by atoms with Crippen LogP contribution in [0.3, 0.4) is 0 Å². The molecule has 2 aromatic rings. The molecule has 5 nitrogen and oxygen atoms in total. The molecule has 17 heavy (non-hydrogen) atoms. The monoisotopic (exact) mass is 259 g/mol. The molecule has 1 N–H and O–H groups in total. The van der Waals surface area contributed by atoms with Crippen LogP contribution in [0.4, 0.5) is 0 Å². The van der Waals surface area contributed by atoms with Crippen molar-refractivity contribution < 1.29 is 28.9 Å². The molecular formula is C11H14ClNO4. The summed E-state index contributed by atoms with van der Waals surface area (Å²) < 4.78 is 35.0. The standard InChI is InChI=1S/C11H13N.ClHO4/c1-2-8-12-9-7-10-5-3-4-6-11(10)12;2-1(3,4)5/h3-7,9H,2,8H2,1H3;(H,2,3,4,5). The summed E-state index contributed by atoms with van der Waals surface area (Å²) in [5.41, 5.74) is 1.35. The van der Waals surface area contributed by atoms with E-state index in [1.54, 1.807) is 0 Å². The van der Waals surface area contributed by atoms with Crippen LogP contribution in [0.2, 0.25) is 0 Å². The van der Waals surface area contributed by atoms with Crippen LogP contribution in [0.5, 0.6) is 0 Å². The smallest absolute Gasteiger partial charge is 0.0777 e. The van der Waals surface area contributed by atoms with E-state index in [9.17, 15) is 0 Å². The molecule has 1 heterocycles. The second-order valence-electron chi connectivity index (χ2n) is 3.46. The minimum Gasteiger partial charge on any atom is -0.347 e. The molecule has 0 saturated carbocycles. The topological polar surface area (TPSA) is 94.3 Å². The fraction of sp³-hybridized carbons (Fsp3) is 0.273. The van der Waals surface area contributed by atoms with Crippen molar-refractivity contribution in [3.8, 4) is 0 Å². The quantitative estimate of drug-likeness (QED) is 0.743. The zero-order valence-electron chi connectivity index (χ0n) is 9.38. The summed E-state index contributed by atoms with van der Waals surface area (Å²) in [6.45, 7) is 3.32. The lowest BCUT2D eigenvalue weighted by Crippen LogP contribution is -2.58. The van der Waals surface area contributed by atoms with E-state index < -0.39 is 10.2 Å². The normalized spacial score (nSPS) is 11.1. The van der Waals surface area contributed by atoms with Gasteiger partial charge in [0.15, 0.2) is 0 Å². The molecule has 0 fully saturated rings. The van der Waals surface area contributed by atoms with Gasteiger partial charge in [-0.05, 0) is 23.9 Å². The molecule has 0 saturated heterocycles. The van der Waals surface area contributed by atoms with E-state index in [0.717, 1.165) is 6.54 Å². The number of rotatable bonds is 2. The number of aromatic nitrogens is 1. The van der Waals surface area contributed by atoms with Crippen LogP contribution >= 0.6 is 0 Å². The van der Waals surface area contributed by atoms with Crippen molar-refractivity contribution in [2.45, 2.75) is 19.9 Å². The maximum Gasteiger partial charge on any atom is 0.0777 e. The Kier molecular flexibility index (Phi) is 4.92. The number of nitrogens with zero attached hydrogens (tertiary/aromatic N) is 1. The Morgan fingerprint density at radius 2 is 1.76 bits per heavy atom. The highest BCUT2D eigenvalue weighted by Gasteiger charge is 1.99. The Morgan fingerprint density at radius 1 is 1.18 bits per heavy atom. The third-order valence-corrected chi connectivity index (χ3v) is 2.14. The molecule has 0 spiro atoms. The Labute approximate surface area is 101 Å². The van der Waals surface area contributed by atoms with Crippen LogP contribution in [0.1, 0.15) is 13.3 Å². The zero-order valence-corrected chi connectivity index (χ0v) is 10.1. The summed E-state index contributed by atoms with van der Waals surface area (Å²) >= 11 is 0. The SMILES string of the molecule is CCCn1ccc2ccccc21.[O-][Cl+3]([O-])([O-])O. The van der Waals surface area contributed by atoms with E-state index in [4.69, 9.17) is 18.6 Å². The van der Waals surface area contributed by atoms with Gasteiger partial charge in [0, 0.05) is 18.3 Å². The highest BCUT2D eigenvalue weighted by molar-refractivity contribution is 5.79. The summed E-state index contributed by atoms with van der Waals surface area (Å²) in [5, 5.41) is 1.34. The molecule has 0 radical (unpaired) electrons. The molecule has 0 amide bonds. The first-order chi connectivity index (χ1) is 7.92. The van der Waals surface area contributed by atoms with Crippen LogP contribution in [-0.2, 0) is 6.54 Å². The molecule has 0 bridgehead atoms. The van der Waals surface area contributed by atoms with Gasteiger partial charge in [-0.3, -0.25) is 0 Å². The molecule has 0 aliphatic carbocycles. The molecule has 2 rings (SSSR count). The van der Waals surface area contributed by atoms with Crippen molar-refractivity contribution >= 4 is 10.9 Å². The maximum atomic E-state index is 8.60. The van der Waals surface area contributed by atoms with Gasteiger partial charge in [-0.25, -0.2) is 0 Å². The highest BCUT2D eigenvalue weighted by Crippen LogP contribution is 2.14. The van der Waals surface area contributed by atoms with E-state index in [-0.39, 0.29) is 0 Å². The number of aryl methyl sites for hydroxylation is 1. The summed E-state index contributed by atoms with van der Waals surface area (Å²) in [5.74, 6) is 0. The Bertz CT molecular complexity index is 458. The third kappa shape index (κ3) is 5.16. The van der Waals surface area contributed by atoms with Crippen LogP contribution in [0.15, 0.2) is 36.5 Å². The molecule has 1 aromatic heterocycles. The summed E-state index contributed by atoms with van der Waals surface area (Å²) in [6.07, 6.45) is 3.35. The number of halogens is 1. The van der Waals surface area contributed by atoms with E-state index in [1.165, 1.54) is 17.3 Å². The van der Waals surface area contributed by atoms with Gasteiger partial charge in [0.05, 0.1) is 14.9 Å². The van der Waals surface area contributed by atoms with Gasteiger partial charge < -0.3 is 4.57 Å². The second kappa shape index (κ2) is 6.00. The Balaban J connectivity index is 0.000000249. The number of para-hydroxylation sites is 1. The molecule has 6 heteroatoms. The lowest BCUT2D eigenvalue weighted by molar-refractivity contribution is -1.92. The van der Waals surface area contributed by atoms with Gasteiger partial charge in [-0.2, -0.15) is 14.0 Å². The minimum absolute atomic E-state index is 1.12. The van der Waals surface area contributed by atoms with Crippen LogP contribution < -0.4 is 14.0 Å². The van der Waals surface area contributed by atoms with Crippen LogP contribution in [-0.4, -0.2) is 9.23 Å². The maximum absolute atomic E-state index is 8.60. The number of fused-ring (bicyclic) bond motifs is 1. The first-order valence-electron chi connectivity index (χ1n) is 5.09. The largest absolute Gasteiger partial charge is 0.347 e. The van der Waals surface area contributed by atoms with Crippen molar-refractivity contribution in [3.63, 3.8) is 0 Å². The average Bonchev–Trinajstić information content (AvgIpc) is 2.60. The van der Waals surface area contributed by atoms with Crippen molar-refractivity contribution in [2.75, 3.05) is 0 Å². The molecule has 0 aliphatic rings. The van der Waals surface area contributed by atoms with Gasteiger partial charge in [0.1, 0.15) is 0 Å². The molecule has 94 valence electrons. The highest BCUT2D eigenvalue weighted by atomic mass is 35.7. The summed E-state index contributed by atoms with van der Waals surface area (Å²) in [7, 11) is -4.69. The molecule has 0 aliphatic heterocycles. The lowest BCUT2D eigenvalue weighted by atomic mass is 10.2. The first kappa shape index (κ1) is 14.0. The molecule has 1 aromatic carbocycles. The van der Waals surface area contributed by atoms with E-state index in [1.807, 2.05) is 0 Å². The van der Waals surface area contributed by atoms with Gasteiger partial charge in [-0.15, -0.1) is 0 Å². The predicted octanol–water partition coefficient (Wildman–Crippen LogP) is -1.07. The number of benzene rings is 1. The van der Waals surface area contributed by atoms with Crippen LogP contribution in [0.25, 0.3) is 10.9 Å². The van der Waals surface area contributed by atoms with Gasteiger partial charge in [0.25, 0.3) is 0 Å². The summed E-state index contributed by atoms with van der Waals surface area (Å²) in [6, 6.07) is 10.7. The first-order valence-corrected chi connectivity index (χ1v) is 6.35. The van der Waals surface area contributed by atoms with E-state index in [0.29, 0.717) is 0 Å². The molecule has 0 unspecified atom stereocenters. The third-order valence-electron chi connectivity index (χ3n) is 2.14. The lowest BCUT2D eigenvalue weighted by Gasteiger charge is -2.03. The second-order valence-corrected chi connectivity index (χ2v) is 4.26. The molecular weight excluding hydrogens is 246 g/mol. The summed E-state index contributed by atoms with van der Waals surface area (Å²) in [4.78, 5) is 0. The van der Waals surface area contributed by atoms with Crippen molar-refractivity contribution in [1.29, 1.82) is 0 Å². The zero-order chi connectivity index (χ0) is 12.9. The number of hydrogen-bond acceptors (Lipinski definition) is 4. The Hall–Kier alpha value is -1.11. The van der Waals surface area contributed by atoms with Gasteiger partial charge >= 0.3 is 0 Å². The van der Waals surface area contributed by atoms with Crippen molar-refractivity contribution in [2.24, 2.45) is 0 Å². The fourth-order valence-electron chi connectivity index (χ4n) is 1.58. The van der Waals surface area contributed by atoms with Crippen molar-refractivity contribution in [1.82, 2.24) is 4.57 Å². The van der Waals surface area contributed by atoms with Crippen LogP contribution in [0, 0.1) is 10.2 Å². The predicted molar refractivity (Wildman–Crippen MR) is 54.4 cm³/mol. The fourth-order valence-corrected chi connectivity index (χ4v) is 1.58.